The van der Waals surface area contributed by atoms with Gasteiger partial charge >= 0.3 is 12.3 Å². The van der Waals surface area contributed by atoms with Crippen molar-refractivity contribution >= 4 is 21.9 Å². The minimum atomic E-state index is -4.71. The van der Waals surface area contributed by atoms with Gasteiger partial charge in [0, 0.05) is 6.42 Å². The summed E-state index contributed by atoms with van der Waals surface area (Å²) >= 11 is 0. The number of anilines is 1. The Kier molecular flexibility index (Phi) is 7.44. The molecule has 3 N–H and O–H groups in total. The largest absolute Gasteiger partial charge is 0.448 e. The van der Waals surface area contributed by atoms with Gasteiger partial charge in [0.25, 0.3) is 10.0 Å². The number of benzene rings is 3. The average Bonchev–Trinajstić information content (AvgIpc) is 3.22. The third kappa shape index (κ3) is 5.97. The normalized spacial score (nSPS) is 11.8. The van der Waals surface area contributed by atoms with E-state index < -0.39 is 28.0 Å². The lowest BCUT2D eigenvalue weighted by atomic mass is 10.1. The van der Waals surface area contributed by atoms with Gasteiger partial charge < -0.3 is 10.5 Å². The molecule has 0 saturated heterocycles. The van der Waals surface area contributed by atoms with Crippen LogP contribution in [0.1, 0.15) is 16.8 Å². The maximum atomic E-state index is 13.7. The highest BCUT2D eigenvalue weighted by atomic mass is 32.2. The molecule has 3 aromatic carbocycles. The number of sulfonamides is 1. The van der Waals surface area contributed by atoms with Crippen molar-refractivity contribution in [3.8, 4) is 16.8 Å². The highest BCUT2D eigenvalue weighted by Gasteiger charge is 2.39. The number of amides is 1. The number of aryl methyl sites for hydroxylation is 1. The van der Waals surface area contributed by atoms with E-state index in [2.05, 4.69) is 5.10 Å². The summed E-state index contributed by atoms with van der Waals surface area (Å²) in [4.78, 5) is 11.9. The molecule has 0 bridgehead atoms. The van der Waals surface area contributed by atoms with Gasteiger partial charge in [-0.05, 0) is 42.3 Å². The fraction of sp³-hybridized carbons (Fsp3) is 0.154. The summed E-state index contributed by atoms with van der Waals surface area (Å²) in [6.45, 7) is 1.67. The smallest absolute Gasteiger partial charge is 0.435 e. The Bertz CT molecular complexity index is 1530. The summed E-state index contributed by atoms with van der Waals surface area (Å²) in [7, 11) is -4.07. The molecule has 4 rings (SSSR count). The summed E-state index contributed by atoms with van der Waals surface area (Å²) in [6, 6.07) is 20.2. The predicted molar refractivity (Wildman–Crippen MR) is 135 cm³/mol. The van der Waals surface area contributed by atoms with Gasteiger partial charge in [-0.1, -0.05) is 60.2 Å². The average molecular weight is 545 g/mol. The van der Waals surface area contributed by atoms with Crippen LogP contribution in [0.25, 0.3) is 16.8 Å². The molecule has 0 saturated carbocycles. The van der Waals surface area contributed by atoms with Crippen LogP contribution in [-0.2, 0) is 27.4 Å². The molecule has 0 spiro atoms. The quantitative estimate of drug-likeness (QED) is 0.334. The number of hydrogen-bond donors (Lipinski definition) is 2. The second-order valence-corrected chi connectivity index (χ2v) is 10.0. The zero-order chi connectivity index (χ0) is 27.5. The third-order valence-electron chi connectivity index (χ3n) is 5.61. The van der Waals surface area contributed by atoms with E-state index >= 15 is 0 Å². The Morgan fingerprint density at radius 1 is 1.00 bits per heavy atom. The first-order valence-electron chi connectivity index (χ1n) is 11.3. The number of ether oxygens (including phenoxy) is 1. The standard InChI is InChI=1S/C26H23F3N4O4S/c1-17-7-13-21(14-8-17)38(35,36)32-25(34)37-16-15-18-9-11-20(12-10-18)33-24(30)22(19-5-3-2-4-6-19)23(31-33)26(27,28)29/h2-14H,15-16,30H2,1H3,(H,32,34). The summed E-state index contributed by atoms with van der Waals surface area (Å²) in [6.07, 6.45) is -5.61. The van der Waals surface area contributed by atoms with E-state index in [1.807, 2.05) is 4.72 Å². The van der Waals surface area contributed by atoms with E-state index in [0.717, 1.165) is 10.2 Å². The summed E-state index contributed by atoms with van der Waals surface area (Å²) < 4.78 is 73.5. The van der Waals surface area contributed by atoms with E-state index in [1.54, 1.807) is 49.4 Å². The van der Waals surface area contributed by atoms with Crippen molar-refractivity contribution in [1.29, 1.82) is 0 Å². The van der Waals surface area contributed by atoms with Crippen molar-refractivity contribution in [1.82, 2.24) is 14.5 Å². The molecule has 0 aliphatic carbocycles. The molecule has 0 radical (unpaired) electrons. The van der Waals surface area contributed by atoms with Crippen LogP contribution in [0.3, 0.4) is 0 Å². The van der Waals surface area contributed by atoms with Crippen LogP contribution in [0.15, 0.2) is 83.8 Å². The van der Waals surface area contributed by atoms with Crippen molar-refractivity contribution in [2.75, 3.05) is 12.3 Å². The Labute approximate surface area is 216 Å². The van der Waals surface area contributed by atoms with Gasteiger partial charge in [0.2, 0.25) is 0 Å². The van der Waals surface area contributed by atoms with E-state index in [9.17, 15) is 26.4 Å². The first kappa shape index (κ1) is 26.7. The fourth-order valence-electron chi connectivity index (χ4n) is 3.70. The Morgan fingerprint density at radius 3 is 2.24 bits per heavy atom. The molecule has 1 aromatic heterocycles. The lowest BCUT2D eigenvalue weighted by Crippen LogP contribution is -2.31. The number of halogens is 3. The number of nitrogens with zero attached hydrogens (tertiary/aromatic N) is 2. The molecular formula is C26H23F3N4O4S. The van der Waals surface area contributed by atoms with Crippen molar-refractivity contribution in [3.63, 3.8) is 0 Å². The topological polar surface area (TPSA) is 116 Å². The van der Waals surface area contributed by atoms with E-state index in [0.29, 0.717) is 16.8 Å². The molecule has 12 heteroatoms. The van der Waals surface area contributed by atoms with Crippen LogP contribution in [0.2, 0.25) is 0 Å². The first-order chi connectivity index (χ1) is 18.0. The number of hydrogen-bond acceptors (Lipinski definition) is 6. The molecule has 1 heterocycles. The zero-order valence-electron chi connectivity index (χ0n) is 20.1. The fourth-order valence-corrected chi connectivity index (χ4v) is 4.59. The number of aromatic nitrogens is 2. The lowest BCUT2D eigenvalue weighted by Gasteiger charge is -2.09. The molecule has 0 atom stereocenters. The van der Waals surface area contributed by atoms with Crippen LogP contribution >= 0.6 is 0 Å². The van der Waals surface area contributed by atoms with E-state index in [-0.39, 0.29) is 29.3 Å². The second-order valence-electron chi connectivity index (χ2n) is 8.36. The number of nitrogens with two attached hydrogens (primary N) is 1. The number of carbonyl (C=O) groups is 1. The molecule has 0 unspecified atom stereocenters. The molecule has 198 valence electrons. The molecule has 0 aliphatic rings. The maximum Gasteiger partial charge on any atom is 0.435 e. The predicted octanol–water partition coefficient (Wildman–Crippen LogP) is 5.11. The van der Waals surface area contributed by atoms with Gasteiger partial charge in [0.05, 0.1) is 22.8 Å². The molecule has 8 nitrogen and oxygen atoms in total. The zero-order valence-corrected chi connectivity index (χ0v) is 20.9. The molecule has 4 aromatic rings. The number of rotatable bonds is 7. The second kappa shape index (κ2) is 10.6. The maximum absolute atomic E-state index is 13.7. The summed E-state index contributed by atoms with van der Waals surface area (Å²) in [5.74, 6) is -0.161. The highest BCUT2D eigenvalue weighted by Crippen LogP contribution is 2.40. The number of nitrogens with one attached hydrogen (secondary N) is 1. The molecular weight excluding hydrogens is 521 g/mol. The van der Waals surface area contributed by atoms with Crippen molar-refractivity contribution in [2.24, 2.45) is 0 Å². The van der Waals surface area contributed by atoms with Crippen LogP contribution in [0.4, 0.5) is 23.8 Å². The van der Waals surface area contributed by atoms with Crippen LogP contribution < -0.4 is 10.5 Å². The molecule has 1 amide bonds. The number of alkyl halides is 3. The van der Waals surface area contributed by atoms with Crippen LogP contribution in [0.5, 0.6) is 0 Å². The van der Waals surface area contributed by atoms with Crippen molar-refractivity contribution in [3.05, 3.63) is 95.7 Å². The monoisotopic (exact) mass is 544 g/mol. The first-order valence-corrected chi connectivity index (χ1v) is 12.8. The van der Waals surface area contributed by atoms with Gasteiger partial charge in [-0.15, -0.1) is 0 Å². The van der Waals surface area contributed by atoms with Gasteiger partial charge in [-0.25, -0.2) is 22.6 Å². The SMILES string of the molecule is Cc1ccc(S(=O)(=O)NC(=O)OCCc2ccc(-n3nc(C(F)(F)F)c(-c4ccccc4)c3N)cc2)cc1. The van der Waals surface area contributed by atoms with E-state index in [4.69, 9.17) is 10.5 Å². The molecule has 0 fully saturated rings. The highest BCUT2D eigenvalue weighted by molar-refractivity contribution is 7.90. The van der Waals surface area contributed by atoms with Gasteiger partial charge in [0.1, 0.15) is 5.82 Å². The number of nitrogen functional groups attached to an aromatic ring is 1. The van der Waals surface area contributed by atoms with E-state index in [1.165, 1.54) is 36.4 Å². The minimum absolute atomic E-state index is 0.0716. The Morgan fingerprint density at radius 2 is 1.63 bits per heavy atom. The lowest BCUT2D eigenvalue weighted by molar-refractivity contribution is -0.140. The Balaban J connectivity index is 1.42. The van der Waals surface area contributed by atoms with Gasteiger partial charge in [-0.2, -0.15) is 18.3 Å². The van der Waals surface area contributed by atoms with Gasteiger partial charge in [0.15, 0.2) is 5.69 Å². The van der Waals surface area contributed by atoms with Crippen LogP contribution in [-0.4, -0.2) is 30.9 Å². The molecule has 38 heavy (non-hydrogen) atoms. The summed E-state index contributed by atoms with van der Waals surface area (Å²) in [5.41, 5.74) is 6.96. The van der Waals surface area contributed by atoms with Crippen molar-refractivity contribution < 1.29 is 31.1 Å². The van der Waals surface area contributed by atoms with Crippen molar-refractivity contribution in [2.45, 2.75) is 24.4 Å². The minimum Gasteiger partial charge on any atom is -0.448 e. The van der Waals surface area contributed by atoms with Gasteiger partial charge in [-0.3, -0.25) is 0 Å². The van der Waals surface area contributed by atoms with Crippen LogP contribution in [0, 0.1) is 6.92 Å². The Hall–Kier alpha value is -4.32. The molecule has 0 aliphatic heterocycles. The number of carbonyl (C=O) groups excluding carboxylic acids is 1. The third-order valence-corrected chi connectivity index (χ3v) is 6.93. The summed E-state index contributed by atoms with van der Waals surface area (Å²) in [5, 5.41) is 3.74.